The Bertz CT molecular complexity index is 1900. The summed E-state index contributed by atoms with van der Waals surface area (Å²) in [6, 6.07) is 10.7. The molecule has 44 heavy (non-hydrogen) atoms. The maximum absolute atomic E-state index is 13.8. The van der Waals surface area contributed by atoms with Crippen molar-refractivity contribution in [3.63, 3.8) is 0 Å². The van der Waals surface area contributed by atoms with Gasteiger partial charge in [-0.3, -0.25) is 9.20 Å². The zero-order valence-corrected chi connectivity index (χ0v) is 25.4. The first-order valence-corrected chi connectivity index (χ1v) is 14.2. The van der Waals surface area contributed by atoms with Crippen LogP contribution in [0.2, 0.25) is 0 Å². The fraction of sp³-hybridized carbons (Fsp3) is 0.267. The van der Waals surface area contributed by atoms with E-state index in [1.54, 1.807) is 52.0 Å². The third-order valence-electron chi connectivity index (χ3n) is 7.57. The van der Waals surface area contributed by atoms with Crippen molar-refractivity contribution >= 4 is 44.2 Å². The number of rotatable bonds is 7. The van der Waals surface area contributed by atoms with E-state index in [2.05, 4.69) is 31.2 Å². The molecular weight excluding hydrogens is 645 g/mol. The van der Waals surface area contributed by atoms with Crippen LogP contribution < -0.4 is 14.8 Å². The first-order chi connectivity index (χ1) is 21.1. The molecule has 1 atom stereocenters. The number of nitrogens with one attached hydrogen (secondary N) is 1. The molecule has 14 heteroatoms. The monoisotopic (exact) mass is 670 g/mol. The molecule has 1 unspecified atom stereocenters. The van der Waals surface area contributed by atoms with Gasteiger partial charge in [0.15, 0.2) is 5.82 Å². The summed E-state index contributed by atoms with van der Waals surface area (Å²) in [6.07, 6.45) is -1.27. The van der Waals surface area contributed by atoms with E-state index >= 15 is 0 Å². The number of alkyl halides is 3. The second-order valence-electron chi connectivity index (χ2n) is 10.1. The number of imidazole rings is 1. The van der Waals surface area contributed by atoms with Crippen molar-refractivity contribution in [2.75, 3.05) is 33.2 Å². The number of hydrogen-bond donors (Lipinski definition) is 1. The fourth-order valence-corrected chi connectivity index (χ4v) is 5.74. The van der Waals surface area contributed by atoms with E-state index in [-0.39, 0.29) is 24.8 Å². The van der Waals surface area contributed by atoms with E-state index in [9.17, 15) is 18.0 Å². The van der Waals surface area contributed by atoms with Gasteiger partial charge >= 0.3 is 6.18 Å². The number of pyridine rings is 1. The van der Waals surface area contributed by atoms with E-state index in [1.165, 1.54) is 11.0 Å². The standard InChI is InChI=1S/C30H26BrF3N6O4/c1-39(25-14-44-13-22-18(25)6-7-27(37-22)30(32,33)34)29(41)19-9-23-21(10-20(19)31)38-28(24-12-35-15-40(23)24)36-11-16-4-5-17(42-2)8-26(16)43-3/h4-10,12,15,25H,11,13-14H2,1-3H3,(H,36,38). The number of amides is 1. The largest absolute Gasteiger partial charge is 0.497 e. The molecule has 0 radical (unpaired) electrons. The Balaban J connectivity index is 1.31. The molecule has 1 amide bonds. The Morgan fingerprint density at radius 3 is 2.70 bits per heavy atom. The third kappa shape index (κ3) is 5.39. The van der Waals surface area contributed by atoms with Crippen molar-refractivity contribution in [1.82, 2.24) is 24.3 Å². The van der Waals surface area contributed by atoms with E-state index in [1.807, 2.05) is 16.5 Å². The molecule has 1 N–H and O–H groups in total. The lowest BCUT2D eigenvalue weighted by Gasteiger charge is -2.33. The van der Waals surface area contributed by atoms with Gasteiger partial charge < -0.3 is 24.4 Å². The summed E-state index contributed by atoms with van der Waals surface area (Å²) >= 11 is 3.53. The highest BCUT2D eigenvalue weighted by Crippen LogP contribution is 2.35. The molecule has 0 saturated heterocycles. The minimum absolute atomic E-state index is 0.0661. The van der Waals surface area contributed by atoms with Gasteiger partial charge in [-0.1, -0.05) is 6.07 Å². The average Bonchev–Trinajstić information content (AvgIpc) is 3.52. The van der Waals surface area contributed by atoms with Crippen LogP contribution >= 0.6 is 15.9 Å². The van der Waals surface area contributed by atoms with Crippen molar-refractivity contribution in [3.05, 3.63) is 87.5 Å². The number of likely N-dealkylation sites (N-methyl/N-ethyl adjacent to an activating group) is 1. The van der Waals surface area contributed by atoms with Crippen LogP contribution in [0.5, 0.6) is 11.5 Å². The zero-order chi connectivity index (χ0) is 31.2. The number of benzene rings is 2. The maximum Gasteiger partial charge on any atom is 0.433 e. The van der Waals surface area contributed by atoms with Crippen LogP contribution in [0.3, 0.4) is 0 Å². The molecule has 228 valence electrons. The van der Waals surface area contributed by atoms with Gasteiger partial charge in [-0.15, -0.1) is 0 Å². The Morgan fingerprint density at radius 1 is 1.14 bits per heavy atom. The second-order valence-corrected chi connectivity index (χ2v) is 11.0. The van der Waals surface area contributed by atoms with Crippen molar-refractivity contribution in [2.24, 2.45) is 0 Å². The number of anilines is 1. The molecule has 0 saturated carbocycles. The quantitative estimate of drug-likeness (QED) is 0.224. The number of aromatic nitrogens is 4. The number of ether oxygens (including phenoxy) is 3. The highest BCUT2D eigenvalue weighted by atomic mass is 79.9. The van der Waals surface area contributed by atoms with Gasteiger partial charge in [0.25, 0.3) is 5.91 Å². The second kappa shape index (κ2) is 11.6. The summed E-state index contributed by atoms with van der Waals surface area (Å²) in [6.45, 7) is 0.470. The lowest BCUT2D eigenvalue weighted by molar-refractivity contribution is -0.141. The van der Waals surface area contributed by atoms with E-state index in [0.717, 1.165) is 11.6 Å². The predicted octanol–water partition coefficient (Wildman–Crippen LogP) is 6.03. The van der Waals surface area contributed by atoms with E-state index in [4.69, 9.17) is 19.2 Å². The Hall–Kier alpha value is -4.43. The first kappa shape index (κ1) is 29.6. The lowest BCUT2D eigenvalue weighted by atomic mass is 10.0. The van der Waals surface area contributed by atoms with Gasteiger partial charge in [-0.05, 0) is 46.3 Å². The molecule has 2 aromatic carbocycles. The van der Waals surface area contributed by atoms with Crippen LogP contribution in [0.4, 0.5) is 19.0 Å². The molecule has 1 aliphatic rings. The number of hydrogen-bond acceptors (Lipinski definition) is 8. The Labute approximate surface area is 257 Å². The van der Waals surface area contributed by atoms with E-state index in [0.29, 0.717) is 56.0 Å². The van der Waals surface area contributed by atoms with Crippen molar-refractivity contribution in [2.45, 2.75) is 25.4 Å². The van der Waals surface area contributed by atoms with Crippen LogP contribution in [0.25, 0.3) is 16.6 Å². The van der Waals surface area contributed by atoms with Gasteiger partial charge in [-0.2, -0.15) is 13.2 Å². The van der Waals surface area contributed by atoms with Crippen LogP contribution in [0.15, 0.2) is 59.5 Å². The summed E-state index contributed by atoms with van der Waals surface area (Å²) in [5.74, 6) is 1.57. The van der Waals surface area contributed by atoms with E-state index < -0.39 is 17.9 Å². The number of carbonyl (C=O) groups is 1. The van der Waals surface area contributed by atoms with Crippen LogP contribution in [0, 0.1) is 0 Å². The molecule has 5 aromatic rings. The SMILES string of the molecule is COc1ccc(CNc2nc3cc(Br)c(C(=O)N(C)C4COCc5nc(C(F)(F)F)ccc54)cc3n3cncc23)c(OC)c1. The summed E-state index contributed by atoms with van der Waals surface area (Å²) < 4.78 is 58.4. The molecule has 1 aliphatic heterocycles. The summed E-state index contributed by atoms with van der Waals surface area (Å²) in [5, 5.41) is 3.36. The molecule has 6 rings (SSSR count). The number of methoxy groups -OCH3 is 2. The molecule has 0 fully saturated rings. The average molecular weight is 671 g/mol. The molecule has 4 heterocycles. The number of halogens is 4. The molecular formula is C30H26BrF3N6O4. The minimum atomic E-state index is -4.58. The smallest absolute Gasteiger partial charge is 0.433 e. The van der Waals surface area contributed by atoms with Gasteiger partial charge in [0.05, 0.1) is 68.3 Å². The van der Waals surface area contributed by atoms with Gasteiger partial charge in [0.2, 0.25) is 0 Å². The zero-order valence-electron chi connectivity index (χ0n) is 23.8. The van der Waals surface area contributed by atoms with Crippen molar-refractivity contribution in [1.29, 1.82) is 0 Å². The highest BCUT2D eigenvalue weighted by Gasteiger charge is 2.36. The fourth-order valence-electron chi connectivity index (χ4n) is 5.24. The predicted molar refractivity (Wildman–Crippen MR) is 159 cm³/mol. The van der Waals surface area contributed by atoms with Crippen molar-refractivity contribution < 1.29 is 32.2 Å². The van der Waals surface area contributed by atoms with Crippen LogP contribution in [0.1, 0.15) is 38.9 Å². The number of nitrogens with zero attached hydrogens (tertiary/aromatic N) is 5. The molecule has 3 aromatic heterocycles. The van der Waals surface area contributed by atoms with Gasteiger partial charge in [0, 0.05) is 35.3 Å². The Morgan fingerprint density at radius 2 is 1.95 bits per heavy atom. The minimum Gasteiger partial charge on any atom is -0.497 e. The molecule has 0 spiro atoms. The molecule has 0 aliphatic carbocycles. The highest BCUT2D eigenvalue weighted by molar-refractivity contribution is 9.10. The molecule has 0 bridgehead atoms. The summed E-state index contributed by atoms with van der Waals surface area (Å²) in [5.41, 5.74) is 2.84. The maximum atomic E-state index is 13.8. The van der Waals surface area contributed by atoms with Crippen LogP contribution in [-0.4, -0.2) is 58.0 Å². The third-order valence-corrected chi connectivity index (χ3v) is 8.23. The van der Waals surface area contributed by atoms with Gasteiger partial charge in [0.1, 0.15) is 22.7 Å². The summed E-state index contributed by atoms with van der Waals surface area (Å²) in [7, 11) is 4.77. The Kier molecular flexibility index (Phi) is 7.80. The van der Waals surface area contributed by atoms with Gasteiger partial charge in [-0.25, -0.2) is 15.0 Å². The summed E-state index contributed by atoms with van der Waals surface area (Å²) in [4.78, 5) is 28.2. The normalized spacial score (nSPS) is 14.8. The number of carbonyl (C=O) groups excluding carboxylic acids is 1. The number of fused-ring (bicyclic) bond motifs is 4. The lowest BCUT2D eigenvalue weighted by Crippen LogP contribution is -2.37. The first-order valence-electron chi connectivity index (χ1n) is 13.4. The topological polar surface area (TPSA) is 103 Å². The van der Waals surface area contributed by atoms with Crippen molar-refractivity contribution in [3.8, 4) is 11.5 Å². The molecule has 10 nitrogen and oxygen atoms in total. The van der Waals surface area contributed by atoms with Crippen LogP contribution in [-0.2, 0) is 24.1 Å².